The summed E-state index contributed by atoms with van der Waals surface area (Å²) in [5.41, 5.74) is 1.75. The van der Waals surface area contributed by atoms with Gasteiger partial charge >= 0.3 is 0 Å². The van der Waals surface area contributed by atoms with E-state index in [1.165, 1.54) is 0 Å². The van der Waals surface area contributed by atoms with Gasteiger partial charge in [-0.25, -0.2) is 0 Å². The van der Waals surface area contributed by atoms with Crippen molar-refractivity contribution in [3.63, 3.8) is 0 Å². The maximum Gasteiger partial charge on any atom is 0.234 e. The van der Waals surface area contributed by atoms with E-state index in [0.29, 0.717) is 21.3 Å². The van der Waals surface area contributed by atoms with Crippen LogP contribution >= 0.6 is 35.0 Å². The van der Waals surface area contributed by atoms with Crippen LogP contribution < -0.4 is 10.6 Å². The first-order chi connectivity index (χ1) is 13.5. The predicted molar refractivity (Wildman–Crippen MR) is 112 cm³/mol. The third-order valence-electron chi connectivity index (χ3n) is 4.13. The molecule has 0 fully saturated rings. The summed E-state index contributed by atoms with van der Waals surface area (Å²) in [6.07, 6.45) is 0.196. The molecule has 3 rings (SSSR count). The molecular formula is C20H15Cl2N3O2S. The molecule has 0 spiro atoms. The average Bonchev–Trinajstić information content (AvgIpc) is 2.70. The van der Waals surface area contributed by atoms with E-state index < -0.39 is 0 Å². The largest absolute Gasteiger partial charge is 0.324 e. The maximum absolute atomic E-state index is 12.3. The van der Waals surface area contributed by atoms with E-state index in [-0.39, 0.29) is 34.9 Å². The fourth-order valence-corrected chi connectivity index (χ4v) is 4.05. The van der Waals surface area contributed by atoms with E-state index in [0.717, 1.165) is 17.3 Å². The summed E-state index contributed by atoms with van der Waals surface area (Å²) in [6.45, 7) is 0. The number of hydrogen-bond donors (Lipinski definition) is 2. The molecule has 5 nitrogen and oxygen atoms in total. The fourth-order valence-electron chi connectivity index (χ4n) is 2.83. The molecule has 2 aromatic rings. The maximum atomic E-state index is 12.3. The van der Waals surface area contributed by atoms with Crippen molar-refractivity contribution in [2.45, 2.75) is 12.3 Å². The van der Waals surface area contributed by atoms with Gasteiger partial charge in [-0.3, -0.25) is 9.59 Å². The van der Waals surface area contributed by atoms with Crippen molar-refractivity contribution in [1.82, 2.24) is 5.32 Å². The zero-order chi connectivity index (χ0) is 20.1. The average molecular weight is 432 g/mol. The van der Waals surface area contributed by atoms with Crippen molar-refractivity contribution in [3.8, 4) is 6.07 Å². The molecule has 0 saturated carbocycles. The number of hydrogen-bond acceptors (Lipinski definition) is 4. The third-order valence-corrected chi connectivity index (χ3v) is 5.97. The summed E-state index contributed by atoms with van der Waals surface area (Å²) in [5, 5.41) is 16.0. The normalized spacial score (nSPS) is 16.3. The molecule has 1 atom stereocenters. The number of nitriles is 1. The third kappa shape index (κ3) is 4.68. The standard InChI is InChI=1S/C20H15Cl2N3O2S/c21-15-7-4-8-16(19(15)22)24-18(27)11-28-20-14(10-23)13(9-17(26)25-20)12-5-2-1-3-6-12/h1-8,13H,9,11H2,(H,24,27)(H,25,26)/t13-/m1/s1. The minimum Gasteiger partial charge on any atom is -0.324 e. The van der Waals surface area contributed by atoms with Crippen LogP contribution in [0.3, 0.4) is 0 Å². The second-order valence-corrected chi connectivity index (χ2v) is 7.78. The van der Waals surface area contributed by atoms with Crippen LogP contribution in [0.5, 0.6) is 0 Å². The van der Waals surface area contributed by atoms with E-state index in [1.807, 2.05) is 30.3 Å². The lowest BCUT2D eigenvalue weighted by atomic mass is 9.87. The topological polar surface area (TPSA) is 82.0 Å². The lowest BCUT2D eigenvalue weighted by Gasteiger charge is -2.25. The van der Waals surface area contributed by atoms with Crippen LogP contribution in [0.2, 0.25) is 10.0 Å². The molecule has 2 aromatic carbocycles. The Morgan fingerprint density at radius 1 is 1.21 bits per heavy atom. The highest BCUT2D eigenvalue weighted by Crippen LogP contribution is 2.36. The zero-order valence-electron chi connectivity index (χ0n) is 14.5. The minimum absolute atomic E-state index is 0.00510. The van der Waals surface area contributed by atoms with Gasteiger partial charge in [0.25, 0.3) is 0 Å². The minimum atomic E-state index is -0.326. The Morgan fingerprint density at radius 2 is 1.96 bits per heavy atom. The molecule has 8 heteroatoms. The second-order valence-electron chi connectivity index (χ2n) is 6.01. The van der Waals surface area contributed by atoms with Crippen LogP contribution in [0.1, 0.15) is 17.9 Å². The number of benzene rings is 2. The number of carbonyl (C=O) groups is 2. The predicted octanol–water partition coefficient (Wildman–Crippen LogP) is 4.70. The summed E-state index contributed by atoms with van der Waals surface area (Å²) in [6, 6.07) is 16.5. The van der Waals surface area contributed by atoms with Crippen molar-refractivity contribution in [2.75, 3.05) is 11.1 Å². The summed E-state index contributed by atoms with van der Waals surface area (Å²) in [7, 11) is 0. The molecule has 2 amide bonds. The fraction of sp³-hybridized carbons (Fsp3) is 0.150. The van der Waals surface area contributed by atoms with Crippen molar-refractivity contribution >= 4 is 52.5 Å². The number of nitrogens with one attached hydrogen (secondary N) is 2. The van der Waals surface area contributed by atoms with E-state index >= 15 is 0 Å². The smallest absolute Gasteiger partial charge is 0.234 e. The van der Waals surface area contributed by atoms with Crippen molar-refractivity contribution in [2.24, 2.45) is 0 Å². The van der Waals surface area contributed by atoms with Gasteiger partial charge in [-0.15, -0.1) is 0 Å². The summed E-state index contributed by atoms with van der Waals surface area (Å²) in [4.78, 5) is 24.4. The SMILES string of the molecule is N#CC1=C(SCC(=O)Nc2cccc(Cl)c2Cl)NC(=O)C[C@@H]1c1ccccc1. The Bertz CT molecular complexity index is 987. The molecular weight excluding hydrogens is 417 g/mol. The van der Waals surface area contributed by atoms with Gasteiger partial charge in [0.05, 0.1) is 38.2 Å². The van der Waals surface area contributed by atoms with Crippen molar-refractivity contribution in [1.29, 1.82) is 5.26 Å². The quantitative estimate of drug-likeness (QED) is 0.718. The van der Waals surface area contributed by atoms with Crippen LogP contribution in [0.25, 0.3) is 0 Å². The Hall–Kier alpha value is -2.46. The lowest BCUT2D eigenvalue weighted by Crippen LogP contribution is -2.31. The molecule has 0 saturated heterocycles. The summed E-state index contributed by atoms with van der Waals surface area (Å²) >= 11 is 13.1. The molecule has 28 heavy (non-hydrogen) atoms. The Balaban J connectivity index is 1.75. The molecule has 0 bridgehead atoms. The van der Waals surface area contributed by atoms with E-state index in [4.69, 9.17) is 23.2 Å². The molecule has 0 unspecified atom stereocenters. The zero-order valence-corrected chi connectivity index (χ0v) is 16.9. The van der Waals surface area contributed by atoms with Gasteiger partial charge in [0.15, 0.2) is 0 Å². The Labute approximate surface area is 176 Å². The van der Waals surface area contributed by atoms with Crippen molar-refractivity contribution in [3.05, 3.63) is 74.7 Å². The lowest BCUT2D eigenvalue weighted by molar-refractivity contribution is -0.121. The van der Waals surface area contributed by atoms with Gasteiger partial charge < -0.3 is 10.6 Å². The monoisotopic (exact) mass is 431 g/mol. The highest BCUT2D eigenvalue weighted by Gasteiger charge is 2.29. The first kappa shape index (κ1) is 20.3. The van der Waals surface area contributed by atoms with Gasteiger partial charge in [0.2, 0.25) is 11.8 Å². The first-order valence-electron chi connectivity index (χ1n) is 8.35. The first-order valence-corrected chi connectivity index (χ1v) is 10.1. The number of thioether (sulfide) groups is 1. The van der Waals surface area contributed by atoms with Gasteiger partial charge in [0.1, 0.15) is 0 Å². The number of rotatable bonds is 5. The van der Waals surface area contributed by atoms with Crippen LogP contribution in [0, 0.1) is 11.3 Å². The summed E-state index contributed by atoms with van der Waals surface area (Å²) in [5.74, 6) is -0.831. The van der Waals surface area contributed by atoms with Crippen LogP contribution in [-0.2, 0) is 9.59 Å². The molecule has 0 aliphatic carbocycles. The number of halogens is 2. The highest BCUT2D eigenvalue weighted by atomic mass is 35.5. The molecule has 142 valence electrons. The van der Waals surface area contributed by atoms with Gasteiger partial charge in [-0.2, -0.15) is 5.26 Å². The number of amides is 2. The van der Waals surface area contributed by atoms with Crippen LogP contribution in [0.4, 0.5) is 5.69 Å². The van der Waals surface area contributed by atoms with Gasteiger partial charge in [-0.1, -0.05) is 71.4 Å². The molecule has 2 N–H and O–H groups in total. The number of carbonyl (C=O) groups excluding carboxylic acids is 2. The van der Waals surface area contributed by atoms with Crippen molar-refractivity contribution < 1.29 is 9.59 Å². The molecule has 1 heterocycles. The van der Waals surface area contributed by atoms with Gasteiger partial charge in [0, 0.05) is 12.3 Å². The Morgan fingerprint density at radius 3 is 2.68 bits per heavy atom. The van der Waals surface area contributed by atoms with E-state index in [1.54, 1.807) is 18.2 Å². The second kappa shape index (κ2) is 9.16. The summed E-state index contributed by atoms with van der Waals surface area (Å²) < 4.78 is 0. The van der Waals surface area contributed by atoms with Crippen LogP contribution in [-0.4, -0.2) is 17.6 Å². The Kier molecular flexibility index (Phi) is 6.63. The van der Waals surface area contributed by atoms with Crippen LogP contribution in [0.15, 0.2) is 59.1 Å². The molecule has 0 radical (unpaired) electrons. The number of allylic oxidation sites excluding steroid dienone is 1. The molecule has 0 aromatic heterocycles. The molecule has 1 aliphatic heterocycles. The molecule has 1 aliphatic rings. The number of nitrogens with zero attached hydrogens (tertiary/aromatic N) is 1. The van der Waals surface area contributed by atoms with E-state index in [9.17, 15) is 14.9 Å². The number of anilines is 1. The van der Waals surface area contributed by atoms with E-state index in [2.05, 4.69) is 16.7 Å². The van der Waals surface area contributed by atoms with Gasteiger partial charge in [-0.05, 0) is 17.7 Å². The highest BCUT2D eigenvalue weighted by molar-refractivity contribution is 8.03.